The van der Waals surface area contributed by atoms with Gasteiger partial charge in [-0.3, -0.25) is 4.68 Å². The van der Waals surface area contributed by atoms with Gasteiger partial charge in [0, 0.05) is 35.0 Å². The van der Waals surface area contributed by atoms with Gasteiger partial charge >= 0.3 is 21.1 Å². The number of para-hydroxylation sites is 1. The number of pyridine rings is 1. The molecule has 0 atom stereocenters. The van der Waals surface area contributed by atoms with E-state index >= 15 is 0 Å². The molecule has 0 saturated carbocycles. The first-order valence-corrected chi connectivity index (χ1v) is 17.0. The Kier molecular flexibility index (Phi) is 9.95. The van der Waals surface area contributed by atoms with E-state index in [2.05, 4.69) is 114 Å². The SMILES string of the molecule is CCc1c(C)c(C)c(C)c(CC)c1-c1cnn(-c2[c-]c(Oc3[c-]c4c(cc3)c3ccccc3n4-c3cc(CC(C)C)ccn3)ccc2)c1.[Pt+2]. The summed E-state index contributed by atoms with van der Waals surface area (Å²) in [6.07, 6.45) is 8.97. The molecule has 0 bridgehead atoms. The van der Waals surface area contributed by atoms with Gasteiger partial charge in [-0.1, -0.05) is 51.4 Å². The molecule has 4 aromatic carbocycles. The van der Waals surface area contributed by atoms with Crippen LogP contribution in [0.3, 0.4) is 0 Å². The van der Waals surface area contributed by atoms with Gasteiger partial charge in [-0.25, -0.2) is 4.98 Å². The first kappa shape index (κ1) is 34.4. The number of aromatic nitrogens is 4. The molecule has 0 radical (unpaired) electrons. The second-order valence-electron chi connectivity index (χ2n) is 13.1. The first-order chi connectivity index (χ1) is 23.3. The fraction of sp³-hybridized carbons (Fsp3) is 0.256. The zero-order chi connectivity index (χ0) is 33.5. The third-order valence-electron chi connectivity index (χ3n) is 9.67. The fourth-order valence-corrected chi connectivity index (χ4v) is 7.21. The van der Waals surface area contributed by atoms with Gasteiger partial charge in [0.05, 0.1) is 6.20 Å². The van der Waals surface area contributed by atoms with Crippen LogP contribution in [0.15, 0.2) is 85.3 Å². The molecular weight excluding hydrogens is 784 g/mol. The van der Waals surface area contributed by atoms with Gasteiger partial charge in [0.2, 0.25) is 0 Å². The minimum atomic E-state index is 0. The van der Waals surface area contributed by atoms with Crippen molar-refractivity contribution in [2.24, 2.45) is 5.92 Å². The fourth-order valence-electron chi connectivity index (χ4n) is 7.21. The van der Waals surface area contributed by atoms with Crippen LogP contribution in [0.4, 0.5) is 0 Å². The molecule has 0 amide bonds. The summed E-state index contributed by atoms with van der Waals surface area (Å²) in [4.78, 5) is 4.79. The van der Waals surface area contributed by atoms with Crippen LogP contribution in [0.1, 0.15) is 61.1 Å². The number of fused-ring (bicyclic) bond motifs is 3. The van der Waals surface area contributed by atoms with E-state index in [0.29, 0.717) is 17.4 Å². The Morgan fingerprint density at radius 1 is 0.796 bits per heavy atom. The molecule has 0 fully saturated rings. The molecule has 0 N–H and O–H groups in total. The van der Waals surface area contributed by atoms with Crippen LogP contribution in [0.25, 0.3) is 44.4 Å². The maximum Gasteiger partial charge on any atom is 2.00 e. The molecular formula is C43H42N4OPt. The van der Waals surface area contributed by atoms with E-state index in [-0.39, 0.29) is 21.1 Å². The molecule has 3 heterocycles. The van der Waals surface area contributed by atoms with Crippen LogP contribution in [0, 0.1) is 38.8 Å². The van der Waals surface area contributed by atoms with E-state index in [1.165, 1.54) is 38.9 Å². The van der Waals surface area contributed by atoms with E-state index in [9.17, 15) is 0 Å². The van der Waals surface area contributed by atoms with Crippen LogP contribution >= 0.6 is 0 Å². The predicted octanol–water partition coefficient (Wildman–Crippen LogP) is 10.7. The number of rotatable bonds is 9. The van der Waals surface area contributed by atoms with Crippen LogP contribution in [-0.2, 0) is 40.3 Å². The maximum atomic E-state index is 6.43. The third kappa shape index (κ3) is 6.37. The second-order valence-corrected chi connectivity index (χ2v) is 13.1. The van der Waals surface area contributed by atoms with Crippen LogP contribution in [0.5, 0.6) is 11.5 Å². The van der Waals surface area contributed by atoms with Crippen molar-refractivity contribution in [2.75, 3.05) is 0 Å². The van der Waals surface area contributed by atoms with Crippen LogP contribution in [-0.4, -0.2) is 19.3 Å². The number of ether oxygens (including phenoxy) is 1. The van der Waals surface area contributed by atoms with Crippen molar-refractivity contribution in [1.82, 2.24) is 19.3 Å². The summed E-state index contributed by atoms with van der Waals surface area (Å²) in [7, 11) is 0. The van der Waals surface area contributed by atoms with Crippen molar-refractivity contribution in [3.63, 3.8) is 0 Å². The zero-order valence-corrected chi connectivity index (χ0v) is 31.6. The summed E-state index contributed by atoms with van der Waals surface area (Å²) in [5.74, 6) is 2.66. The van der Waals surface area contributed by atoms with Gasteiger partial charge in [-0.05, 0) is 114 Å². The quantitative estimate of drug-likeness (QED) is 0.136. The van der Waals surface area contributed by atoms with Gasteiger partial charge in [-0.2, -0.15) is 17.2 Å². The Balaban J connectivity index is 0.00000417. The molecule has 6 heteroatoms. The summed E-state index contributed by atoms with van der Waals surface area (Å²) in [6, 6.07) is 29.8. The predicted molar refractivity (Wildman–Crippen MR) is 197 cm³/mol. The number of hydrogen-bond donors (Lipinski definition) is 0. The monoisotopic (exact) mass is 825 g/mol. The maximum absolute atomic E-state index is 6.43. The molecule has 49 heavy (non-hydrogen) atoms. The molecule has 0 spiro atoms. The molecule has 0 aliphatic heterocycles. The van der Waals surface area contributed by atoms with Gasteiger partial charge in [0.25, 0.3) is 0 Å². The average molecular weight is 826 g/mol. The normalized spacial score (nSPS) is 11.4. The first-order valence-electron chi connectivity index (χ1n) is 17.0. The minimum absolute atomic E-state index is 0. The summed E-state index contributed by atoms with van der Waals surface area (Å²) in [6.45, 7) is 15.7. The minimum Gasteiger partial charge on any atom is -0.509 e. The van der Waals surface area contributed by atoms with Crippen LogP contribution < -0.4 is 4.74 Å². The number of benzene rings is 4. The van der Waals surface area contributed by atoms with Crippen molar-refractivity contribution in [3.8, 4) is 34.1 Å². The van der Waals surface area contributed by atoms with E-state index in [4.69, 9.17) is 14.8 Å². The van der Waals surface area contributed by atoms with Crippen molar-refractivity contribution < 1.29 is 25.8 Å². The molecule has 0 saturated heterocycles. The molecule has 5 nitrogen and oxygen atoms in total. The molecule has 0 aliphatic rings. The Morgan fingerprint density at radius 2 is 1.53 bits per heavy atom. The van der Waals surface area contributed by atoms with Crippen molar-refractivity contribution in [2.45, 2.75) is 67.7 Å². The van der Waals surface area contributed by atoms with Gasteiger partial charge in [0.15, 0.2) is 0 Å². The molecule has 0 unspecified atom stereocenters. The summed E-state index contributed by atoms with van der Waals surface area (Å²) in [5, 5.41) is 7.06. The molecule has 250 valence electrons. The van der Waals surface area contributed by atoms with Gasteiger partial charge in [-0.15, -0.1) is 35.7 Å². The Bertz CT molecular complexity index is 2260. The van der Waals surface area contributed by atoms with Crippen LogP contribution in [0.2, 0.25) is 0 Å². The van der Waals surface area contributed by atoms with E-state index in [1.807, 2.05) is 41.3 Å². The average Bonchev–Trinajstić information content (AvgIpc) is 3.70. The van der Waals surface area contributed by atoms with Gasteiger partial charge in [0.1, 0.15) is 5.82 Å². The summed E-state index contributed by atoms with van der Waals surface area (Å²) >= 11 is 0. The summed E-state index contributed by atoms with van der Waals surface area (Å²) < 4.78 is 10.5. The van der Waals surface area contributed by atoms with Crippen molar-refractivity contribution >= 4 is 21.8 Å². The molecule has 7 rings (SSSR count). The molecule has 3 aromatic heterocycles. The molecule has 0 aliphatic carbocycles. The van der Waals surface area contributed by atoms with Gasteiger partial charge < -0.3 is 9.30 Å². The van der Waals surface area contributed by atoms with Crippen molar-refractivity contribution in [1.29, 1.82) is 0 Å². The Hall–Kier alpha value is -4.47. The largest absolute Gasteiger partial charge is 2.00 e. The molecule has 7 aromatic rings. The Morgan fingerprint density at radius 3 is 2.27 bits per heavy atom. The topological polar surface area (TPSA) is 44.9 Å². The number of nitrogens with zero attached hydrogens (tertiary/aromatic N) is 4. The zero-order valence-electron chi connectivity index (χ0n) is 29.3. The Labute approximate surface area is 304 Å². The van der Waals surface area contributed by atoms with Crippen molar-refractivity contribution in [3.05, 3.63) is 131 Å². The standard InChI is InChI=1S/C43H42N4O.Pt/c1-8-36-29(6)28(5)30(7)37(9-2)43(36)32-25-45-46(26-32)33-13-12-14-34(23-33)48-35-17-18-39-38-15-10-11-16-40(38)47(41(39)24-35)42-22-31(19-20-44-42)21-27(3)4;/h10-20,22,25-27H,8-9,21H2,1-7H3;/q-2;+2. The third-order valence-corrected chi connectivity index (χ3v) is 9.67. The van der Waals surface area contributed by atoms with E-state index in [1.54, 1.807) is 0 Å². The smallest absolute Gasteiger partial charge is 0.509 e. The van der Waals surface area contributed by atoms with E-state index in [0.717, 1.165) is 58.1 Å². The number of hydrogen-bond acceptors (Lipinski definition) is 3. The summed E-state index contributed by atoms with van der Waals surface area (Å²) in [5.41, 5.74) is 13.5. The van der Waals surface area contributed by atoms with E-state index < -0.39 is 0 Å². The second kappa shape index (κ2) is 14.2.